The van der Waals surface area contributed by atoms with Crippen LogP contribution in [0.2, 0.25) is 0 Å². The molecule has 0 saturated carbocycles. The summed E-state index contributed by atoms with van der Waals surface area (Å²) in [5.74, 6) is -0.390. The van der Waals surface area contributed by atoms with E-state index < -0.39 is 0 Å². The molecule has 0 aliphatic carbocycles. The van der Waals surface area contributed by atoms with Gasteiger partial charge in [0.1, 0.15) is 0 Å². The monoisotopic (exact) mass is 382 g/mol. The number of esters is 1. The minimum atomic E-state index is -0.336. The predicted octanol–water partition coefficient (Wildman–Crippen LogP) is 3.57. The maximum atomic E-state index is 13.1. The van der Waals surface area contributed by atoms with E-state index >= 15 is 0 Å². The van der Waals surface area contributed by atoms with E-state index in [2.05, 4.69) is 29.3 Å². The number of nitrogens with zero attached hydrogens (tertiary/aromatic N) is 1. The molecule has 5 nitrogen and oxygen atoms in total. The number of unbranched alkanes of at least 4 members (excludes halogenated alkanes) is 2. The molecule has 1 N–H and O–H groups in total. The summed E-state index contributed by atoms with van der Waals surface area (Å²) in [5.41, 5.74) is 4.34. The molecule has 1 aromatic carbocycles. The smallest absolute Gasteiger partial charge is 0.336 e. The normalized spacial score (nSPS) is 20.1. The molecular weight excluding hydrogens is 352 g/mol. The lowest BCUT2D eigenvalue weighted by Crippen LogP contribution is -2.45. The first-order chi connectivity index (χ1) is 13.5. The van der Waals surface area contributed by atoms with Gasteiger partial charge in [0.25, 0.3) is 0 Å². The SMILES string of the molecule is CCCCCC1C(C(=O)OC)=C(C)NC2=C1C(=O)CN(Cc1ccccc1)C2. The number of ketones is 1. The Morgan fingerprint density at radius 1 is 1.21 bits per heavy atom. The second kappa shape index (κ2) is 9.20. The topological polar surface area (TPSA) is 58.6 Å². The van der Waals surface area contributed by atoms with Crippen LogP contribution in [-0.2, 0) is 20.9 Å². The molecule has 0 radical (unpaired) electrons. The Balaban J connectivity index is 1.86. The van der Waals surface area contributed by atoms with Gasteiger partial charge in [-0.2, -0.15) is 0 Å². The van der Waals surface area contributed by atoms with E-state index in [4.69, 9.17) is 4.74 Å². The van der Waals surface area contributed by atoms with Crippen molar-refractivity contribution in [1.29, 1.82) is 0 Å². The highest BCUT2D eigenvalue weighted by Gasteiger charge is 2.39. The lowest BCUT2D eigenvalue weighted by Gasteiger charge is -2.37. The number of ether oxygens (including phenoxy) is 1. The average molecular weight is 383 g/mol. The van der Waals surface area contributed by atoms with Crippen LogP contribution in [0.5, 0.6) is 0 Å². The highest BCUT2D eigenvalue weighted by atomic mass is 16.5. The van der Waals surface area contributed by atoms with Gasteiger partial charge >= 0.3 is 5.97 Å². The molecule has 1 atom stereocenters. The first-order valence-electron chi connectivity index (χ1n) is 10.1. The fraction of sp³-hybridized carbons (Fsp3) is 0.478. The minimum absolute atomic E-state index is 0.111. The molecule has 2 aliphatic rings. The molecule has 2 heterocycles. The largest absolute Gasteiger partial charge is 0.466 e. The van der Waals surface area contributed by atoms with Crippen LogP contribution in [0.3, 0.4) is 0 Å². The molecule has 0 bridgehead atoms. The van der Waals surface area contributed by atoms with Crippen molar-refractivity contribution >= 4 is 11.8 Å². The summed E-state index contributed by atoms with van der Waals surface area (Å²) in [7, 11) is 1.40. The Hall–Kier alpha value is -2.40. The molecule has 0 spiro atoms. The van der Waals surface area contributed by atoms with Crippen molar-refractivity contribution in [3.05, 3.63) is 58.4 Å². The summed E-state index contributed by atoms with van der Waals surface area (Å²) in [6.07, 6.45) is 3.99. The highest BCUT2D eigenvalue weighted by Crippen LogP contribution is 2.37. The van der Waals surface area contributed by atoms with Gasteiger partial charge in [-0.25, -0.2) is 4.79 Å². The van der Waals surface area contributed by atoms with Gasteiger partial charge < -0.3 is 10.1 Å². The van der Waals surface area contributed by atoms with Crippen LogP contribution in [0.4, 0.5) is 0 Å². The van der Waals surface area contributed by atoms with Crippen LogP contribution in [0.25, 0.3) is 0 Å². The maximum Gasteiger partial charge on any atom is 0.336 e. The lowest BCUT2D eigenvalue weighted by atomic mass is 9.78. The van der Waals surface area contributed by atoms with Crippen molar-refractivity contribution in [3.63, 3.8) is 0 Å². The maximum absolute atomic E-state index is 13.1. The molecule has 150 valence electrons. The first kappa shape index (κ1) is 20.3. The fourth-order valence-corrected chi connectivity index (χ4v) is 4.28. The molecule has 0 saturated heterocycles. The van der Waals surface area contributed by atoms with E-state index in [1.54, 1.807) is 0 Å². The summed E-state index contributed by atoms with van der Waals surface area (Å²) in [5, 5.41) is 3.35. The molecule has 1 unspecified atom stereocenters. The van der Waals surface area contributed by atoms with E-state index in [1.807, 2.05) is 25.1 Å². The lowest BCUT2D eigenvalue weighted by molar-refractivity contribution is -0.136. The van der Waals surface area contributed by atoms with Crippen molar-refractivity contribution in [2.45, 2.75) is 46.1 Å². The number of hydrogen-bond acceptors (Lipinski definition) is 5. The zero-order valence-corrected chi connectivity index (χ0v) is 17.1. The minimum Gasteiger partial charge on any atom is -0.466 e. The van der Waals surface area contributed by atoms with Gasteiger partial charge in [0, 0.05) is 36.0 Å². The van der Waals surface area contributed by atoms with Gasteiger partial charge in [-0.15, -0.1) is 0 Å². The Labute approximate surface area is 167 Å². The third kappa shape index (κ3) is 4.36. The van der Waals surface area contributed by atoms with E-state index in [0.29, 0.717) is 18.7 Å². The molecule has 28 heavy (non-hydrogen) atoms. The van der Waals surface area contributed by atoms with Crippen LogP contribution < -0.4 is 5.32 Å². The summed E-state index contributed by atoms with van der Waals surface area (Å²) in [4.78, 5) is 27.7. The summed E-state index contributed by atoms with van der Waals surface area (Å²) in [6, 6.07) is 10.2. The van der Waals surface area contributed by atoms with Crippen molar-refractivity contribution in [2.24, 2.45) is 5.92 Å². The first-order valence-corrected chi connectivity index (χ1v) is 10.1. The zero-order valence-electron chi connectivity index (χ0n) is 17.1. The number of Topliss-reactive ketones (excluding diaryl/α,β-unsaturated/α-hetero) is 1. The zero-order chi connectivity index (χ0) is 20.1. The number of rotatable bonds is 7. The van der Waals surface area contributed by atoms with E-state index in [0.717, 1.165) is 49.2 Å². The molecular formula is C23H30N2O3. The molecule has 2 aliphatic heterocycles. The van der Waals surface area contributed by atoms with Crippen molar-refractivity contribution in [3.8, 4) is 0 Å². The fourth-order valence-electron chi connectivity index (χ4n) is 4.28. The molecule has 5 heteroatoms. The molecule has 3 rings (SSSR count). The van der Waals surface area contributed by atoms with Crippen LogP contribution >= 0.6 is 0 Å². The number of allylic oxidation sites excluding steroid dienone is 1. The average Bonchev–Trinajstić information content (AvgIpc) is 2.68. The molecule has 0 fully saturated rings. The second-order valence-corrected chi connectivity index (χ2v) is 7.65. The van der Waals surface area contributed by atoms with Crippen LogP contribution in [-0.4, -0.2) is 36.9 Å². The second-order valence-electron chi connectivity index (χ2n) is 7.65. The molecule has 0 amide bonds. The number of dihydropyridines is 1. The van der Waals surface area contributed by atoms with Crippen molar-refractivity contribution in [2.75, 3.05) is 20.2 Å². The van der Waals surface area contributed by atoms with Gasteiger partial charge in [0.05, 0.1) is 19.2 Å². The Bertz CT molecular complexity index is 795. The predicted molar refractivity (Wildman–Crippen MR) is 109 cm³/mol. The number of nitrogens with one attached hydrogen (secondary N) is 1. The van der Waals surface area contributed by atoms with Crippen molar-refractivity contribution < 1.29 is 14.3 Å². The van der Waals surface area contributed by atoms with Gasteiger partial charge in [0.15, 0.2) is 5.78 Å². The molecule has 1 aromatic rings. The third-order valence-electron chi connectivity index (χ3n) is 5.56. The van der Waals surface area contributed by atoms with Gasteiger partial charge in [0.2, 0.25) is 0 Å². The number of carbonyl (C=O) groups excluding carboxylic acids is 2. The van der Waals surface area contributed by atoms with Gasteiger partial charge in [-0.1, -0.05) is 56.5 Å². The number of hydrogen-bond donors (Lipinski definition) is 1. The quantitative estimate of drug-likeness (QED) is 0.577. The van der Waals surface area contributed by atoms with Crippen LogP contribution in [0, 0.1) is 5.92 Å². The molecule has 0 aromatic heterocycles. The van der Waals surface area contributed by atoms with E-state index in [1.165, 1.54) is 12.7 Å². The summed E-state index contributed by atoms with van der Waals surface area (Å²) < 4.78 is 5.03. The Morgan fingerprint density at radius 2 is 1.96 bits per heavy atom. The highest BCUT2D eigenvalue weighted by molar-refractivity contribution is 6.03. The Kier molecular flexibility index (Phi) is 6.68. The summed E-state index contributed by atoms with van der Waals surface area (Å²) >= 11 is 0. The Morgan fingerprint density at radius 3 is 2.64 bits per heavy atom. The van der Waals surface area contributed by atoms with E-state index in [9.17, 15) is 9.59 Å². The van der Waals surface area contributed by atoms with Crippen molar-refractivity contribution in [1.82, 2.24) is 10.2 Å². The van der Waals surface area contributed by atoms with Gasteiger partial charge in [-0.3, -0.25) is 9.69 Å². The van der Waals surface area contributed by atoms with Gasteiger partial charge in [-0.05, 0) is 18.9 Å². The standard InChI is InChI=1S/C23H30N2O3/c1-4-5-7-12-18-21(23(27)28-3)16(2)24-19-14-25(15-20(26)22(18)19)13-17-10-8-6-9-11-17/h6,8-11,18,24H,4-5,7,12-15H2,1-3H3. The van der Waals surface area contributed by atoms with Crippen LogP contribution in [0.1, 0.15) is 45.1 Å². The summed E-state index contributed by atoms with van der Waals surface area (Å²) in [6.45, 7) is 5.86. The number of benzene rings is 1. The van der Waals surface area contributed by atoms with E-state index in [-0.39, 0.29) is 17.7 Å². The van der Waals surface area contributed by atoms with Crippen LogP contribution in [0.15, 0.2) is 52.9 Å². The third-order valence-corrected chi connectivity index (χ3v) is 5.56. The number of carbonyl (C=O) groups is 2. The number of methoxy groups -OCH3 is 1.